The van der Waals surface area contributed by atoms with E-state index in [9.17, 15) is 23.1 Å². The van der Waals surface area contributed by atoms with E-state index in [1.807, 2.05) is 0 Å². The van der Waals surface area contributed by atoms with E-state index in [4.69, 9.17) is 0 Å². The number of allylic oxidation sites excluding steroid dienone is 2. The molecule has 0 aromatic heterocycles. The van der Waals surface area contributed by atoms with Crippen molar-refractivity contribution < 1.29 is 23.1 Å². The normalized spacial score (nSPS) is 23.1. The van der Waals surface area contributed by atoms with Gasteiger partial charge >= 0.3 is 6.18 Å². The minimum Gasteiger partial charge on any atom is -0.512 e. The van der Waals surface area contributed by atoms with Crippen LogP contribution in [0.25, 0.3) is 0 Å². The van der Waals surface area contributed by atoms with Gasteiger partial charge in [0.1, 0.15) is 0 Å². The van der Waals surface area contributed by atoms with Crippen molar-refractivity contribution in [1.29, 1.82) is 0 Å². The quantitative estimate of drug-likeness (QED) is 0.530. The van der Waals surface area contributed by atoms with Crippen LogP contribution in [-0.2, 0) is 4.79 Å². The predicted molar refractivity (Wildman–Crippen MR) is 80.5 cm³/mol. The van der Waals surface area contributed by atoms with Gasteiger partial charge in [-0.3, -0.25) is 4.79 Å². The Balaban J connectivity index is 2.79. The van der Waals surface area contributed by atoms with Gasteiger partial charge in [-0.1, -0.05) is 27.7 Å². The minimum atomic E-state index is -4.39. The molecule has 1 N–H and O–H groups in total. The van der Waals surface area contributed by atoms with Gasteiger partial charge in [-0.2, -0.15) is 13.2 Å². The van der Waals surface area contributed by atoms with E-state index < -0.39 is 23.8 Å². The molecule has 0 amide bonds. The van der Waals surface area contributed by atoms with Gasteiger partial charge < -0.3 is 5.11 Å². The Morgan fingerprint density at radius 2 is 1.77 bits per heavy atom. The van der Waals surface area contributed by atoms with Crippen molar-refractivity contribution in [3.05, 3.63) is 11.8 Å². The second-order valence-corrected chi connectivity index (χ2v) is 7.58. The van der Waals surface area contributed by atoms with Crippen LogP contribution < -0.4 is 0 Å². The van der Waals surface area contributed by atoms with Gasteiger partial charge in [0.2, 0.25) is 0 Å². The van der Waals surface area contributed by atoms with Crippen LogP contribution in [0.15, 0.2) is 11.8 Å². The van der Waals surface area contributed by atoms with Crippen molar-refractivity contribution >= 4 is 5.78 Å². The fraction of sp³-hybridized carbons (Fsp3) is 0.824. The standard InChI is InChI=1S/C17H27F3O2/c1-5-16(4,11-17(18,19)20)14(22)10-13(21)12-6-8-15(2,3)9-7-12/h10,12,21H,5-9,11H2,1-4H3/b13-10-. The summed E-state index contributed by atoms with van der Waals surface area (Å²) in [5.41, 5.74) is -1.27. The molecule has 1 fully saturated rings. The second-order valence-electron chi connectivity index (χ2n) is 7.58. The molecule has 1 rings (SSSR count). The average Bonchev–Trinajstić information content (AvgIpc) is 2.36. The van der Waals surface area contributed by atoms with E-state index in [1.54, 1.807) is 6.92 Å². The summed E-state index contributed by atoms with van der Waals surface area (Å²) in [4.78, 5) is 12.2. The lowest BCUT2D eigenvalue weighted by Crippen LogP contribution is -2.32. The fourth-order valence-electron chi connectivity index (χ4n) is 2.95. The maximum absolute atomic E-state index is 12.6. The smallest absolute Gasteiger partial charge is 0.390 e. The van der Waals surface area contributed by atoms with E-state index in [2.05, 4.69) is 13.8 Å². The molecule has 0 radical (unpaired) electrons. The third-order valence-corrected chi connectivity index (χ3v) is 5.00. The largest absolute Gasteiger partial charge is 0.512 e. The SMILES string of the molecule is CCC(C)(CC(F)(F)F)C(=O)/C=C(\O)C1CCC(C)(C)CC1. The average molecular weight is 320 g/mol. The van der Waals surface area contributed by atoms with E-state index in [1.165, 1.54) is 6.92 Å². The highest BCUT2D eigenvalue weighted by Crippen LogP contribution is 2.41. The third kappa shape index (κ3) is 5.33. The zero-order valence-electron chi connectivity index (χ0n) is 13.9. The van der Waals surface area contributed by atoms with Crippen LogP contribution >= 0.6 is 0 Å². The summed E-state index contributed by atoms with van der Waals surface area (Å²) in [5.74, 6) is -0.791. The van der Waals surface area contributed by atoms with Crippen LogP contribution in [0.3, 0.4) is 0 Å². The molecule has 22 heavy (non-hydrogen) atoms. The number of rotatable bonds is 5. The van der Waals surface area contributed by atoms with Crippen molar-refractivity contribution in [2.75, 3.05) is 0 Å². The van der Waals surface area contributed by atoms with Crippen molar-refractivity contribution in [2.45, 2.75) is 72.4 Å². The summed E-state index contributed by atoms with van der Waals surface area (Å²) in [5, 5.41) is 10.1. The van der Waals surface area contributed by atoms with Gasteiger partial charge in [-0.05, 0) is 37.5 Å². The maximum Gasteiger partial charge on any atom is 0.390 e. The molecule has 5 heteroatoms. The van der Waals surface area contributed by atoms with Crippen LogP contribution in [0.5, 0.6) is 0 Å². The van der Waals surface area contributed by atoms with Gasteiger partial charge in [-0.15, -0.1) is 0 Å². The molecule has 2 nitrogen and oxygen atoms in total. The Morgan fingerprint density at radius 3 is 2.18 bits per heavy atom. The number of ketones is 1. The molecule has 1 saturated carbocycles. The minimum absolute atomic E-state index is 0.0534. The van der Waals surface area contributed by atoms with E-state index in [0.717, 1.165) is 31.8 Å². The van der Waals surface area contributed by atoms with Gasteiger partial charge in [0.15, 0.2) is 5.78 Å². The number of alkyl halides is 3. The van der Waals surface area contributed by atoms with Crippen LogP contribution in [0, 0.1) is 16.7 Å². The van der Waals surface area contributed by atoms with Crippen LogP contribution in [-0.4, -0.2) is 17.1 Å². The van der Waals surface area contributed by atoms with Gasteiger partial charge in [0.05, 0.1) is 12.2 Å². The van der Waals surface area contributed by atoms with E-state index in [-0.39, 0.29) is 23.5 Å². The summed E-state index contributed by atoms with van der Waals surface area (Å²) in [7, 11) is 0. The number of carbonyl (C=O) groups excluding carboxylic acids is 1. The zero-order valence-corrected chi connectivity index (χ0v) is 13.9. The summed E-state index contributed by atoms with van der Waals surface area (Å²) < 4.78 is 37.9. The Hall–Kier alpha value is -1.00. The number of carbonyl (C=O) groups is 1. The lowest BCUT2D eigenvalue weighted by Gasteiger charge is -2.34. The molecule has 0 saturated heterocycles. The zero-order chi connectivity index (χ0) is 17.2. The predicted octanol–water partition coefficient (Wildman–Crippen LogP) is 5.58. The second kappa shape index (κ2) is 6.63. The van der Waals surface area contributed by atoms with Gasteiger partial charge in [-0.25, -0.2) is 0 Å². The summed E-state index contributed by atoms with van der Waals surface area (Å²) in [6.07, 6.45) is -0.995. The molecular weight excluding hydrogens is 293 g/mol. The molecule has 0 aromatic carbocycles. The monoisotopic (exact) mass is 320 g/mol. The molecule has 0 aromatic rings. The van der Waals surface area contributed by atoms with E-state index >= 15 is 0 Å². The lowest BCUT2D eigenvalue weighted by atomic mass is 9.72. The Kier molecular flexibility index (Phi) is 5.74. The molecule has 1 aliphatic carbocycles. The van der Waals surface area contributed by atoms with Crippen LogP contribution in [0.2, 0.25) is 0 Å². The number of aliphatic hydroxyl groups is 1. The Morgan fingerprint density at radius 1 is 1.27 bits per heavy atom. The highest BCUT2D eigenvalue weighted by molar-refractivity contribution is 5.94. The summed E-state index contributed by atoms with van der Waals surface area (Å²) >= 11 is 0. The fourth-order valence-corrected chi connectivity index (χ4v) is 2.95. The highest BCUT2D eigenvalue weighted by atomic mass is 19.4. The Labute approximate surface area is 130 Å². The van der Waals surface area contributed by atoms with Crippen molar-refractivity contribution in [3.8, 4) is 0 Å². The number of halogens is 3. The first kappa shape index (κ1) is 19.0. The highest BCUT2D eigenvalue weighted by Gasteiger charge is 2.42. The topological polar surface area (TPSA) is 37.3 Å². The number of aliphatic hydroxyl groups excluding tert-OH is 1. The number of hydrogen-bond acceptors (Lipinski definition) is 2. The molecule has 128 valence electrons. The number of hydrogen-bond donors (Lipinski definition) is 1. The molecule has 1 aliphatic rings. The van der Waals surface area contributed by atoms with Crippen molar-refractivity contribution in [2.24, 2.45) is 16.7 Å². The molecule has 0 aliphatic heterocycles. The Bertz CT molecular complexity index is 428. The molecular formula is C17H27F3O2. The van der Waals surface area contributed by atoms with Crippen LogP contribution in [0.1, 0.15) is 66.2 Å². The van der Waals surface area contributed by atoms with Gasteiger partial charge in [0.25, 0.3) is 0 Å². The molecule has 0 spiro atoms. The molecule has 1 unspecified atom stereocenters. The first-order valence-corrected chi connectivity index (χ1v) is 7.90. The molecule has 0 heterocycles. The maximum atomic E-state index is 12.6. The first-order valence-electron chi connectivity index (χ1n) is 7.90. The van der Waals surface area contributed by atoms with E-state index in [0.29, 0.717) is 0 Å². The summed E-state index contributed by atoms with van der Waals surface area (Å²) in [6.45, 7) is 7.20. The molecule has 0 bridgehead atoms. The third-order valence-electron chi connectivity index (χ3n) is 5.00. The first-order chi connectivity index (χ1) is 9.88. The van der Waals surface area contributed by atoms with Crippen molar-refractivity contribution in [3.63, 3.8) is 0 Å². The van der Waals surface area contributed by atoms with Crippen LogP contribution in [0.4, 0.5) is 13.2 Å². The van der Waals surface area contributed by atoms with Crippen molar-refractivity contribution in [1.82, 2.24) is 0 Å². The lowest BCUT2D eigenvalue weighted by molar-refractivity contribution is -0.163. The van der Waals surface area contributed by atoms with Gasteiger partial charge in [0, 0.05) is 17.4 Å². The summed E-state index contributed by atoms with van der Waals surface area (Å²) in [6, 6.07) is 0. The molecule has 1 atom stereocenters.